The molecule has 0 saturated carbocycles. The summed E-state index contributed by atoms with van der Waals surface area (Å²) in [6, 6.07) is 10.1. The zero-order valence-electron chi connectivity index (χ0n) is 17.2. The van der Waals surface area contributed by atoms with E-state index in [1.54, 1.807) is 6.08 Å². The van der Waals surface area contributed by atoms with Crippen molar-refractivity contribution in [3.63, 3.8) is 0 Å². The third-order valence-electron chi connectivity index (χ3n) is 4.42. The van der Waals surface area contributed by atoms with Crippen molar-refractivity contribution in [3.05, 3.63) is 72.5 Å². The van der Waals surface area contributed by atoms with Gasteiger partial charge >= 0.3 is 0 Å². The number of likely N-dealkylation sites (N-methyl/N-ethyl adjacent to an activating group) is 2. The third kappa shape index (κ3) is 5.14. The van der Waals surface area contributed by atoms with Crippen LogP contribution < -0.4 is 4.90 Å². The van der Waals surface area contributed by atoms with Crippen LogP contribution in [0.5, 0.6) is 0 Å². The van der Waals surface area contributed by atoms with Gasteiger partial charge in [-0.15, -0.1) is 0 Å². The summed E-state index contributed by atoms with van der Waals surface area (Å²) in [6.07, 6.45) is 3.61. The molecule has 27 heavy (non-hydrogen) atoms. The van der Waals surface area contributed by atoms with E-state index in [2.05, 4.69) is 62.1 Å². The Morgan fingerprint density at radius 3 is 2.52 bits per heavy atom. The van der Waals surface area contributed by atoms with Crippen LogP contribution in [0.15, 0.2) is 60.8 Å². The smallest absolute Gasteiger partial charge is 0.137 e. The van der Waals surface area contributed by atoms with Crippen LogP contribution in [0.2, 0.25) is 0 Å². The summed E-state index contributed by atoms with van der Waals surface area (Å²) in [5, 5.41) is 0. The molecule has 0 bridgehead atoms. The SMILES string of the molecule is C=CC(=Nc1cccc(C)c1C(=C)C)c1cccnc1N(C)CCN(C)C. The van der Waals surface area contributed by atoms with Crippen LogP contribution in [0, 0.1) is 6.92 Å². The molecule has 0 atom stereocenters. The molecule has 0 aliphatic rings. The first-order valence-corrected chi connectivity index (χ1v) is 9.13. The number of pyridine rings is 1. The molecule has 142 valence electrons. The average molecular weight is 363 g/mol. The van der Waals surface area contributed by atoms with Crippen LogP contribution in [0.3, 0.4) is 0 Å². The summed E-state index contributed by atoms with van der Waals surface area (Å²) in [4.78, 5) is 13.8. The highest BCUT2D eigenvalue weighted by Crippen LogP contribution is 2.30. The molecular formula is C23H30N4. The van der Waals surface area contributed by atoms with Crippen LogP contribution in [0.25, 0.3) is 5.57 Å². The zero-order valence-corrected chi connectivity index (χ0v) is 17.2. The van der Waals surface area contributed by atoms with Crippen molar-refractivity contribution in [3.8, 4) is 0 Å². The fraction of sp³-hybridized carbons (Fsp3) is 0.304. The maximum absolute atomic E-state index is 4.93. The second-order valence-electron chi connectivity index (χ2n) is 7.05. The Labute approximate surface area is 163 Å². The van der Waals surface area contributed by atoms with Gasteiger partial charge in [-0.2, -0.15) is 0 Å². The Bertz CT molecular complexity index is 849. The van der Waals surface area contributed by atoms with Crippen molar-refractivity contribution in [2.24, 2.45) is 4.99 Å². The quantitative estimate of drug-likeness (QED) is 0.636. The number of aliphatic imine (C=N–C) groups is 1. The van der Waals surface area contributed by atoms with Gasteiger partial charge in [-0.25, -0.2) is 9.98 Å². The van der Waals surface area contributed by atoms with E-state index in [-0.39, 0.29) is 0 Å². The van der Waals surface area contributed by atoms with Gasteiger partial charge in [-0.05, 0) is 63.4 Å². The summed E-state index contributed by atoms with van der Waals surface area (Å²) in [5.74, 6) is 0.905. The molecular weight excluding hydrogens is 332 g/mol. The van der Waals surface area contributed by atoms with E-state index in [4.69, 9.17) is 4.99 Å². The number of aromatic nitrogens is 1. The number of hydrogen-bond acceptors (Lipinski definition) is 4. The highest BCUT2D eigenvalue weighted by atomic mass is 15.2. The normalized spacial score (nSPS) is 11.6. The van der Waals surface area contributed by atoms with Gasteiger partial charge in [0.15, 0.2) is 0 Å². The number of nitrogens with zero attached hydrogens (tertiary/aromatic N) is 4. The molecule has 0 fully saturated rings. The molecule has 1 aromatic carbocycles. The van der Waals surface area contributed by atoms with Gasteiger partial charge in [-0.1, -0.05) is 25.3 Å². The molecule has 0 N–H and O–H groups in total. The Balaban J connectivity index is 2.51. The molecule has 0 saturated heterocycles. The van der Waals surface area contributed by atoms with Crippen LogP contribution in [0.4, 0.5) is 11.5 Å². The predicted octanol–water partition coefficient (Wildman–Crippen LogP) is 4.73. The Kier molecular flexibility index (Phi) is 7.08. The lowest BCUT2D eigenvalue weighted by molar-refractivity contribution is 0.416. The number of anilines is 1. The molecule has 0 aliphatic heterocycles. The van der Waals surface area contributed by atoms with Crippen LogP contribution in [-0.4, -0.2) is 49.8 Å². The Hall–Kier alpha value is -2.72. The van der Waals surface area contributed by atoms with Crippen molar-refractivity contribution in [1.29, 1.82) is 0 Å². The van der Waals surface area contributed by atoms with E-state index in [9.17, 15) is 0 Å². The van der Waals surface area contributed by atoms with E-state index in [0.29, 0.717) is 0 Å². The molecule has 0 unspecified atom stereocenters. The summed E-state index contributed by atoms with van der Waals surface area (Å²) < 4.78 is 0. The largest absolute Gasteiger partial charge is 0.358 e. The number of allylic oxidation sites excluding steroid dienone is 2. The second kappa shape index (κ2) is 9.28. The molecule has 0 aliphatic carbocycles. The van der Waals surface area contributed by atoms with Gasteiger partial charge in [0.1, 0.15) is 5.82 Å². The molecule has 2 aromatic rings. The van der Waals surface area contributed by atoms with Crippen molar-refractivity contribution in [2.75, 3.05) is 39.1 Å². The minimum atomic E-state index is 0.808. The lowest BCUT2D eigenvalue weighted by atomic mass is 10.0. The lowest BCUT2D eigenvalue weighted by Crippen LogP contribution is -2.30. The van der Waals surface area contributed by atoms with Gasteiger partial charge in [0.05, 0.1) is 11.4 Å². The fourth-order valence-electron chi connectivity index (χ4n) is 3.00. The lowest BCUT2D eigenvalue weighted by Gasteiger charge is -2.23. The first-order chi connectivity index (χ1) is 12.8. The molecule has 0 radical (unpaired) electrons. The molecule has 0 spiro atoms. The molecule has 0 amide bonds. The van der Waals surface area contributed by atoms with E-state index in [0.717, 1.165) is 47.0 Å². The number of benzene rings is 1. The summed E-state index contributed by atoms with van der Waals surface area (Å²) >= 11 is 0. The van der Waals surface area contributed by atoms with Gasteiger partial charge in [-0.3, -0.25) is 0 Å². The van der Waals surface area contributed by atoms with Gasteiger partial charge < -0.3 is 9.80 Å². The highest BCUT2D eigenvalue weighted by Gasteiger charge is 2.14. The molecule has 4 nitrogen and oxygen atoms in total. The number of aryl methyl sites for hydroxylation is 1. The van der Waals surface area contributed by atoms with Gasteiger partial charge in [0, 0.05) is 37.5 Å². The van der Waals surface area contributed by atoms with Crippen LogP contribution >= 0.6 is 0 Å². The van der Waals surface area contributed by atoms with Crippen molar-refractivity contribution >= 4 is 22.8 Å². The van der Waals surface area contributed by atoms with Crippen LogP contribution in [0.1, 0.15) is 23.6 Å². The van der Waals surface area contributed by atoms with E-state index >= 15 is 0 Å². The maximum Gasteiger partial charge on any atom is 0.137 e. The average Bonchev–Trinajstić information content (AvgIpc) is 2.63. The monoisotopic (exact) mass is 362 g/mol. The second-order valence-corrected chi connectivity index (χ2v) is 7.05. The topological polar surface area (TPSA) is 31.7 Å². The Morgan fingerprint density at radius 2 is 1.89 bits per heavy atom. The van der Waals surface area contributed by atoms with Crippen molar-refractivity contribution in [2.45, 2.75) is 13.8 Å². The molecule has 4 heteroatoms. The molecule has 2 rings (SSSR count). The first-order valence-electron chi connectivity index (χ1n) is 9.13. The van der Waals surface area contributed by atoms with Crippen molar-refractivity contribution in [1.82, 2.24) is 9.88 Å². The maximum atomic E-state index is 4.93. The summed E-state index contributed by atoms with van der Waals surface area (Å²) in [6.45, 7) is 14.0. The minimum Gasteiger partial charge on any atom is -0.358 e. The molecule has 1 heterocycles. The zero-order chi connectivity index (χ0) is 20.0. The third-order valence-corrected chi connectivity index (χ3v) is 4.42. The van der Waals surface area contributed by atoms with Gasteiger partial charge in [0.25, 0.3) is 0 Å². The first kappa shape index (κ1) is 20.6. The highest BCUT2D eigenvalue weighted by molar-refractivity contribution is 6.12. The predicted molar refractivity (Wildman–Crippen MR) is 118 cm³/mol. The van der Waals surface area contributed by atoms with Gasteiger partial charge in [0.2, 0.25) is 0 Å². The Morgan fingerprint density at radius 1 is 1.15 bits per heavy atom. The van der Waals surface area contributed by atoms with E-state index < -0.39 is 0 Å². The van der Waals surface area contributed by atoms with E-state index in [1.165, 1.54) is 5.56 Å². The summed E-state index contributed by atoms with van der Waals surface area (Å²) in [7, 11) is 6.20. The fourth-order valence-corrected chi connectivity index (χ4v) is 3.00. The van der Waals surface area contributed by atoms with Crippen LogP contribution in [-0.2, 0) is 0 Å². The summed E-state index contributed by atoms with van der Waals surface area (Å²) in [5.41, 5.74) is 5.95. The number of hydrogen-bond donors (Lipinski definition) is 0. The number of rotatable bonds is 8. The molecule has 1 aromatic heterocycles. The minimum absolute atomic E-state index is 0.808. The standard InChI is InChI=1S/C23H30N4/c1-8-20(25-21-13-9-11-18(4)22(21)17(2)3)19-12-10-14-24-23(19)27(7)16-15-26(5)6/h8-14H,1-2,15-16H2,3-7H3. The van der Waals surface area contributed by atoms with E-state index in [1.807, 2.05) is 37.4 Å². The van der Waals surface area contributed by atoms with Crippen molar-refractivity contribution < 1.29 is 0 Å².